The van der Waals surface area contributed by atoms with E-state index >= 15 is 0 Å². The highest BCUT2D eigenvalue weighted by Gasteiger charge is 2.29. The molecule has 28 heavy (non-hydrogen) atoms. The first-order valence-corrected chi connectivity index (χ1v) is 10.9. The molecule has 1 unspecified atom stereocenters. The van der Waals surface area contributed by atoms with Gasteiger partial charge < -0.3 is 15.1 Å². The standard InChI is InChI=1S/C22H34N6/c1-23-22(28-15-9-20(18-28)26-11-6-7-12-26)25-17-19-8-10-24-21(16-19)27-13-4-2-3-5-14-27/h6-8,10,16,20H,2-5,9,11-15,17-18H2,1H3,(H,23,25). The summed E-state index contributed by atoms with van der Waals surface area (Å²) in [7, 11) is 1.89. The Labute approximate surface area is 169 Å². The third kappa shape index (κ3) is 4.66. The second-order valence-corrected chi connectivity index (χ2v) is 8.14. The maximum Gasteiger partial charge on any atom is 0.193 e. The van der Waals surface area contributed by atoms with E-state index in [4.69, 9.17) is 0 Å². The molecule has 0 amide bonds. The Balaban J connectivity index is 1.32. The van der Waals surface area contributed by atoms with E-state index in [2.05, 4.69) is 54.3 Å². The van der Waals surface area contributed by atoms with Crippen molar-refractivity contribution in [3.8, 4) is 0 Å². The molecule has 0 aromatic carbocycles. The Bertz CT molecular complexity index is 684. The molecule has 4 rings (SSSR count). The van der Waals surface area contributed by atoms with E-state index in [1.807, 2.05) is 13.2 Å². The second kappa shape index (κ2) is 9.41. The first-order chi connectivity index (χ1) is 13.8. The van der Waals surface area contributed by atoms with Crippen molar-refractivity contribution in [3.63, 3.8) is 0 Å². The maximum absolute atomic E-state index is 4.63. The smallest absolute Gasteiger partial charge is 0.193 e. The quantitative estimate of drug-likeness (QED) is 0.492. The number of pyridine rings is 1. The fourth-order valence-corrected chi connectivity index (χ4v) is 4.58. The summed E-state index contributed by atoms with van der Waals surface area (Å²) < 4.78 is 0. The molecule has 1 atom stereocenters. The molecule has 3 aliphatic heterocycles. The molecule has 0 spiro atoms. The molecule has 1 aromatic rings. The molecule has 2 fully saturated rings. The molecular formula is C22H34N6. The Kier molecular flexibility index (Phi) is 6.47. The highest BCUT2D eigenvalue weighted by atomic mass is 15.3. The van der Waals surface area contributed by atoms with Crippen LogP contribution in [0.3, 0.4) is 0 Å². The fraction of sp³-hybridized carbons (Fsp3) is 0.636. The molecule has 2 saturated heterocycles. The lowest BCUT2D eigenvalue weighted by molar-refractivity contribution is 0.259. The number of nitrogens with one attached hydrogen (secondary N) is 1. The minimum absolute atomic E-state index is 0.643. The number of hydrogen-bond acceptors (Lipinski definition) is 4. The van der Waals surface area contributed by atoms with Crippen molar-refractivity contribution in [3.05, 3.63) is 36.0 Å². The average Bonchev–Trinajstić information content (AvgIpc) is 3.36. The van der Waals surface area contributed by atoms with Crippen LogP contribution in [0.2, 0.25) is 0 Å². The molecule has 1 N–H and O–H groups in total. The normalized spacial score (nSPS) is 24.0. The molecule has 0 aliphatic carbocycles. The summed E-state index contributed by atoms with van der Waals surface area (Å²) in [6.07, 6.45) is 13.0. The SMILES string of the molecule is CN=C(NCc1ccnc(N2CCCCCC2)c1)N1CCC(N2CC=CC2)C1. The predicted molar refractivity (Wildman–Crippen MR) is 116 cm³/mol. The number of hydrogen-bond donors (Lipinski definition) is 1. The maximum atomic E-state index is 4.63. The third-order valence-electron chi connectivity index (χ3n) is 6.23. The van der Waals surface area contributed by atoms with Crippen LogP contribution < -0.4 is 10.2 Å². The van der Waals surface area contributed by atoms with Gasteiger partial charge in [0.25, 0.3) is 0 Å². The number of aliphatic imine (C=N–C) groups is 1. The number of anilines is 1. The van der Waals surface area contributed by atoms with Gasteiger partial charge >= 0.3 is 0 Å². The predicted octanol–water partition coefficient (Wildman–Crippen LogP) is 2.48. The summed E-state index contributed by atoms with van der Waals surface area (Å²) in [5, 5.41) is 3.58. The van der Waals surface area contributed by atoms with Gasteiger partial charge in [-0.3, -0.25) is 9.89 Å². The van der Waals surface area contributed by atoms with Crippen LogP contribution in [-0.4, -0.2) is 73.1 Å². The zero-order valence-corrected chi connectivity index (χ0v) is 17.2. The van der Waals surface area contributed by atoms with Gasteiger partial charge in [-0.2, -0.15) is 0 Å². The van der Waals surface area contributed by atoms with Crippen LogP contribution in [-0.2, 0) is 6.54 Å². The van der Waals surface area contributed by atoms with Crippen molar-refractivity contribution in [2.75, 3.05) is 51.2 Å². The molecule has 0 radical (unpaired) electrons. The van der Waals surface area contributed by atoms with Crippen LogP contribution in [0.15, 0.2) is 35.5 Å². The summed E-state index contributed by atoms with van der Waals surface area (Å²) in [4.78, 5) is 16.6. The first-order valence-electron chi connectivity index (χ1n) is 10.9. The lowest BCUT2D eigenvalue weighted by Gasteiger charge is -2.25. The van der Waals surface area contributed by atoms with Gasteiger partial charge in [-0.25, -0.2) is 4.98 Å². The van der Waals surface area contributed by atoms with Gasteiger partial charge in [0.05, 0.1) is 0 Å². The molecule has 1 aromatic heterocycles. The zero-order valence-electron chi connectivity index (χ0n) is 17.2. The highest BCUT2D eigenvalue weighted by molar-refractivity contribution is 5.80. The molecule has 6 heteroatoms. The van der Waals surface area contributed by atoms with E-state index in [-0.39, 0.29) is 0 Å². The van der Waals surface area contributed by atoms with Gasteiger partial charge in [0, 0.05) is 65.1 Å². The van der Waals surface area contributed by atoms with Crippen LogP contribution in [0.4, 0.5) is 5.82 Å². The summed E-state index contributed by atoms with van der Waals surface area (Å²) in [5.74, 6) is 2.14. The van der Waals surface area contributed by atoms with Crippen LogP contribution in [0.1, 0.15) is 37.7 Å². The average molecular weight is 383 g/mol. The fourth-order valence-electron chi connectivity index (χ4n) is 4.58. The molecule has 6 nitrogen and oxygen atoms in total. The second-order valence-electron chi connectivity index (χ2n) is 8.14. The van der Waals surface area contributed by atoms with Gasteiger partial charge in [-0.05, 0) is 37.0 Å². The molecule has 4 heterocycles. The highest BCUT2D eigenvalue weighted by Crippen LogP contribution is 2.19. The molecular weight excluding hydrogens is 348 g/mol. The van der Waals surface area contributed by atoms with Gasteiger partial charge in [-0.1, -0.05) is 25.0 Å². The van der Waals surface area contributed by atoms with Crippen molar-refractivity contribution in [2.24, 2.45) is 4.99 Å². The number of aromatic nitrogens is 1. The largest absolute Gasteiger partial charge is 0.357 e. The van der Waals surface area contributed by atoms with Crippen LogP contribution >= 0.6 is 0 Å². The number of nitrogens with zero attached hydrogens (tertiary/aromatic N) is 5. The summed E-state index contributed by atoms with van der Waals surface area (Å²) in [6.45, 7) is 7.40. The van der Waals surface area contributed by atoms with Gasteiger partial charge in [-0.15, -0.1) is 0 Å². The molecule has 0 saturated carbocycles. The number of likely N-dealkylation sites (tertiary alicyclic amines) is 1. The van der Waals surface area contributed by atoms with Crippen LogP contribution in [0.25, 0.3) is 0 Å². The van der Waals surface area contributed by atoms with Gasteiger partial charge in [0.2, 0.25) is 0 Å². The minimum Gasteiger partial charge on any atom is -0.357 e. The zero-order chi connectivity index (χ0) is 19.2. The summed E-state index contributed by atoms with van der Waals surface area (Å²) in [6, 6.07) is 5.00. The van der Waals surface area contributed by atoms with Gasteiger partial charge in [0.1, 0.15) is 5.82 Å². The van der Waals surface area contributed by atoms with E-state index in [1.165, 1.54) is 37.7 Å². The van der Waals surface area contributed by atoms with E-state index in [0.717, 1.165) is 57.6 Å². The van der Waals surface area contributed by atoms with Crippen molar-refractivity contribution in [1.82, 2.24) is 20.1 Å². The lowest BCUT2D eigenvalue weighted by Crippen LogP contribution is -2.42. The van der Waals surface area contributed by atoms with Crippen LogP contribution in [0, 0.1) is 0 Å². The van der Waals surface area contributed by atoms with E-state index in [0.29, 0.717) is 6.04 Å². The number of rotatable bonds is 4. The summed E-state index contributed by atoms with van der Waals surface area (Å²) >= 11 is 0. The van der Waals surface area contributed by atoms with Crippen molar-refractivity contribution in [2.45, 2.75) is 44.7 Å². The Morgan fingerprint density at radius 3 is 2.68 bits per heavy atom. The lowest BCUT2D eigenvalue weighted by atomic mass is 10.2. The van der Waals surface area contributed by atoms with Crippen molar-refractivity contribution < 1.29 is 0 Å². The Morgan fingerprint density at radius 1 is 1.14 bits per heavy atom. The van der Waals surface area contributed by atoms with Crippen molar-refractivity contribution >= 4 is 11.8 Å². The molecule has 152 valence electrons. The number of guanidine groups is 1. The molecule has 3 aliphatic rings. The van der Waals surface area contributed by atoms with E-state index in [9.17, 15) is 0 Å². The molecule has 0 bridgehead atoms. The third-order valence-corrected chi connectivity index (χ3v) is 6.23. The summed E-state index contributed by atoms with van der Waals surface area (Å²) in [5.41, 5.74) is 1.27. The topological polar surface area (TPSA) is 47.0 Å². The Morgan fingerprint density at radius 2 is 1.93 bits per heavy atom. The Hall–Kier alpha value is -2.08. The van der Waals surface area contributed by atoms with Crippen molar-refractivity contribution in [1.29, 1.82) is 0 Å². The van der Waals surface area contributed by atoms with Crippen LogP contribution in [0.5, 0.6) is 0 Å². The minimum atomic E-state index is 0.643. The van der Waals surface area contributed by atoms with Gasteiger partial charge in [0.15, 0.2) is 5.96 Å². The monoisotopic (exact) mass is 382 g/mol. The first kappa shape index (κ1) is 19.2. The van der Waals surface area contributed by atoms with E-state index < -0.39 is 0 Å². The van der Waals surface area contributed by atoms with E-state index in [1.54, 1.807) is 0 Å².